The third-order valence-corrected chi connectivity index (χ3v) is 3.38. The van der Waals surface area contributed by atoms with Crippen LogP contribution in [0.25, 0.3) is 0 Å². The Morgan fingerprint density at radius 1 is 1.22 bits per heavy atom. The Hall–Kier alpha value is -1.47. The molecule has 0 atom stereocenters. The summed E-state index contributed by atoms with van der Waals surface area (Å²) in [6.45, 7) is 1.32. The third kappa shape index (κ3) is 3.27. The van der Waals surface area contributed by atoms with E-state index < -0.39 is 9.05 Å². The monoisotopic (exact) mass is 293 g/mol. The summed E-state index contributed by atoms with van der Waals surface area (Å²) in [5.74, 6) is -0.318. The van der Waals surface area contributed by atoms with Crippen LogP contribution in [0.4, 0.5) is 5.69 Å². The Bertz CT molecular complexity index is 545. The van der Waals surface area contributed by atoms with Crippen LogP contribution in [-0.4, -0.2) is 28.5 Å². The summed E-state index contributed by atoms with van der Waals surface area (Å²) < 4.78 is 32.8. The highest BCUT2D eigenvalue weighted by molar-refractivity contribution is 8.13. The van der Waals surface area contributed by atoms with Crippen molar-refractivity contribution in [2.45, 2.75) is 11.8 Å². The van der Waals surface area contributed by atoms with Crippen LogP contribution in [0.3, 0.4) is 0 Å². The number of ether oxygens (including phenoxy) is 2. The molecule has 100 valence electrons. The predicted octanol–water partition coefficient (Wildman–Crippen LogP) is 1.59. The summed E-state index contributed by atoms with van der Waals surface area (Å²) in [4.78, 5) is 10.7. The largest absolute Gasteiger partial charge is 0.495 e. The highest BCUT2D eigenvalue weighted by atomic mass is 35.7. The smallest absolute Gasteiger partial charge is 0.268 e. The minimum Gasteiger partial charge on any atom is -0.495 e. The summed E-state index contributed by atoms with van der Waals surface area (Å²) in [6, 6.07) is 2.69. The lowest BCUT2D eigenvalue weighted by Gasteiger charge is -2.13. The van der Waals surface area contributed by atoms with Crippen LogP contribution < -0.4 is 14.8 Å². The molecule has 1 amide bonds. The Balaban J connectivity index is 3.49. The number of benzene rings is 1. The van der Waals surface area contributed by atoms with E-state index in [1.807, 2.05) is 0 Å². The topological polar surface area (TPSA) is 81.7 Å². The maximum absolute atomic E-state index is 11.4. The van der Waals surface area contributed by atoms with Crippen molar-refractivity contribution in [2.75, 3.05) is 19.5 Å². The van der Waals surface area contributed by atoms with Crippen LogP contribution in [-0.2, 0) is 13.8 Å². The zero-order valence-electron chi connectivity index (χ0n) is 9.98. The molecule has 8 heteroatoms. The summed E-state index contributed by atoms with van der Waals surface area (Å²) in [5, 5.41) is 2.50. The molecule has 0 radical (unpaired) electrons. The summed E-state index contributed by atoms with van der Waals surface area (Å²) in [5.41, 5.74) is 0.347. The van der Waals surface area contributed by atoms with E-state index in [0.29, 0.717) is 5.69 Å². The second-order valence-corrected chi connectivity index (χ2v) is 5.83. The van der Waals surface area contributed by atoms with Gasteiger partial charge in [-0.3, -0.25) is 4.79 Å². The van der Waals surface area contributed by atoms with Gasteiger partial charge in [0, 0.05) is 35.4 Å². The van der Waals surface area contributed by atoms with Gasteiger partial charge in [0.1, 0.15) is 11.5 Å². The number of hydrogen-bond acceptors (Lipinski definition) is 5. The zero-order valence-corrected chi connectivity index (χ0v) is 11.6. The van der Waals surface area contributed by atoms with E-state index in [1.165, 1.54) is 33.3 Å². The average Bonchev–Trinajstić information content (AvgIpc) is 2.25. The van der Waals surface area contributed by atoms with Gasteiger partial charge in [-0.2, -0.15) is 0 Å². The lowest BCUT2D eigenvalue weighted by atomic mass is 10.2. The molecule has 1 aromatic carbocycles. The van der Waals surface area contributed by atoms with Gasteiger partial charge in [-0.1, -0.05) is 0 Å². The van der Waals surface area contributed by atoms with Crippen molar-refractivity contribution < 1.29 is 22.7 Å². The number of carbonyl (C=O) groups excluding carboxylic acids is 1. The molecule has 0 unspecified atom stereocenters. The molecule has 6 nitrogen and oxygen atoms in total. The molecule has 0 saturated carbocycles. The maximum atomic E-state index is 11.4. The van der Waals surface area contributed by atoms with Gasteiger partial charge in [0.2, 0.25) is 5.91 Å². The minimum atomic E-state index is -4.02. The second-order valence-electron chi connectivity index (χ2n) is 3.33. The molecular weight excluding hydrogens is 282 g/mol. The summed E-state index contributed by atoms with van der Waals surface area (Å²) >= 11 is 0. The fraction of sp³-hybridized carbons (Fsp3) is 0.300. The number of hydrogen-bond donors (Lipinski definition) is 1. The van der Waals surface area contributed by atoms with Crippen LogP contribution in [0.2, 0.25) is 0 Å². The highest BCUT2D eigenvalue weighted by Gasteiger charge is 2.24. The van der Waals surface area contributed by atoms with Gasteiger partial charge in [-0.05, 0) is 0 Å². The van der Waals surface area contributed by atoms with Crippen LogP contribution in [0.15, 0.2) is 17.0 Å². The summed E-state index contributed by atoms with van der Waals surface area (Å²) in [6.07, 6.45) is 0. The molecule has 0 aromatic heterocycles. The first kappa shape index (κ1) is 14.6. The van der Waals surface area contributed by atoms with E-state index >= 15 is 0 Å². The van der Waals surface area contributed by atoms with Gasteiger partial charge in [0.25, 0.3) is 9.05 Å². The van der Waals surface area contributed by atoms with E-state index in [1.54, 1.807) is 0 Å². The van der Waals surface area contributed by atoms with Crippen molar-refractivity contribution in [3.05, 3.63) is 12.1 Å². The van der Waals surface area contributed by atoms with Gasteiger partial charge >= 0.3 is 0 Å². The van der Waals surface area contributed by atoms with Crippen molar-refractivity contribution >= 4 is 31.3 Å². The van der Waals surface area contributed by atoms with Crippen LogP contribution >= 0.6 is 10.7 Å². The SMILES string of the molecule is COc1cc(NC(C)=O)cc(OC)c1S(=O)(=O)Cl. The van der Waals surface area contributed by atoms with E-state index in [-0.39, 0.29) is 22.3 Å². The number of rotatable bonds is 4. The number of methoxy groups -OCH3 is 2. The number of nitrogens with one attached hydrogen (secondary N) is 1. The molecule has 0 heterocycles. The van der Waals surface area contributed by atoms with E-state index in [2.05, 4.69) is 5.32 Å². The normalized spacial score (nSPS) is 10.9. The van der Waals surface area contributed by atoms with Gasteiger partial charge in [0.15, 0.2) is 4.90 Å². The number of halogens is 1. The first-order chi connectivity index (χ1) is 8.29. The molecule has 0 fully saturated rings. The molecule has 1 rings (SSSR count). The van der Waals surface area contributed by atoms with Crippen molar-refractivity contribution in [3.8, 4) is 11.5 Å². The standard InChI is InChI=1S/C10H12ClNO5S/c1-6(13)12-7-4-8(16-2)10(18(11,14)15)9(5-7)17-3/h4-5H,1-3H3,(H,12,13). The van der Waals surface area contributed by atoms with Gasteiger partial charge in [0.05, 0.1) is 14.2 Å². The molecule has 0 aliphatic rings. The number of anilines is 1. The lowest BCUT2D eigenvalue weighted by molar-refractivity contribution is -0.114. The molecular formula is C10H12ClNO5S. The third-order valence-electron chi connectivity index (χ3n) is 2.02. The number of amides is 1. The van der Waals surface area contributed by atoms with Crippen molar-refractivity contribution in [2.24, 2.45) is 0 Å². The van der Waals surface area contributed by atoms with Crippen molar-refractivity contribution in [3.63, 3.8) is 0 Å². The summed E-state index contributed by atoms with van der Waals surface area (Å²) in [7, 11) is 3.86. The Morgan fingerprint density at radius 3 is 1.94 bits per heavy atom. The molecule has 0 bridgehead atoms. The maximum Gasteiger partial charge on any atom is 0.268 e. The van der Waals surface area contributed by atoms with Crippen LogP contribution in [0.5, 0.6) is 11.5 Å². The molecule has 0 aliphatic heterocycles. The molecule has 0 saturated heterocycles. The molecule has 1 N–H and O–H groups in total. The van der Waals surface area contributed by atoms with E-state index in [9.17, 15) is 13.2 Å². The fourth-order valence-electron chi connectivity index (χ4n) is 1.40. The lowest BCUT2D eigenvalue weighted by Crippen LogP contribution is -2.08. The van der Waals surface area contributed by atoms with E-state index in [0.717, 1.165) is 0 Å². The second kappa shape index (κ2) is 5.45. The Labute approximate surface area is 109 Å². The molecule has 0 spiro atoms. The first-order valence-electron chi connectivity index (χ1n) is 4.78. The van der Waals surface area contributed by atoms with Crippen molar-refractivity contribution in [1.29, 1.82) is 0 Å². The zero-order chi connectivity index (χ0) is 13.9. The number of carbonyl (C=O) groups is 1. The Kier molecular flexibility index (Phi) is 4.42. The van der Waals surface area contributed by atoms with Gasteiger partial charge in [-0.15, -0.1) is 0 Å². The quantitative estimate of drug-likeness (QED) is 0.853. The molecule has 18 heavy (non-hydrogen) atoms. The van der Waals surface area contributed by atoms with Crippen LogP contribution in [0, 0.1) is 0 Å². The highest BCUT2D eigenvalue weighted by Crippen LogP contribution is 2.38. The first-order valence-corrected chi connectivity index (χ1v) is 7.08. The molecule has 1 aromatic rings. The predicted molar refractivity (Wildman–Crippen MR) is 66.9 cm³/mol. The van der Waals surface area contributed by atoms with Crippen molar-refractivity contribution in [1.82, 2.24) is 0 Å². The van der Waals surface area contributed by atoms with E-state index in [4.69, 9.17) is 20.2 Å². The molecule has 0 aliphatic carbocycles. The van der Waals surface area contributed by atoms with Gasteiger partial charge in [-0.25, -0.2) is 8.42 Å². The average molecular weight is 294 g/mol. The minimum absolute atomic E-state index is 0.00639. The van der Waals surface area contributed by atoms with Crippen LogP contribution in [0.1, 0.15) is 6.92 Å². The van der Waals surface area contributed by atoms with Gasteiger partial charge < -0.3 is 14.8 Å². The fourth-order valence-corrected chi connectivity index (χ4v) is 2.62. The Morgan fingerprint density at radius 2 is 1.67 bits per heavy atom.